The average Bonchev–Trinajstić information content (AvgIpc) is 2.95. The van der Waals surface area contributed by atoms with E-state index in [1.807, 2.05) is 18.2 Å². The zero-order chi connectivity index (χ0) is 15.8. The van der Waals surface area contributed by atoms with Crippen molar-refractivity contribution in [3.05, 3.63) is 23.8 Å². The molecule has 124 valence electrons. The summed E-state index contributed by atoms with van der Waals surface area (Å²) in [7, 11) is 0. The first-order chi connectivity index (χ1) is 10.7. The molecule has 0 saturated heterocycles. The van der Waals surface area contributed by atoms with Gasteiger partial charge in [-0.15, -0.1) is 0 Å². The third-order valence-corrected chi connectivity index (χ3v) is 3.56. The lowest BCUT2D eigenvalue weighted by molar-refractivity contribution is 0.00987. The Morgan fingerprint density at radius 3 is 2.64 bits per heavy atom. The summed E-state index contributed by atoms with van der Waals surface area (Å²) in [5.41, 5.74) is 1.02. The number of aliphatic hydroxyl groups excluding tert-OH is 1. The molecule has 1 aliphatic heterocycles. The Labute approximate surface area is 132 Å². The zero-order valence-electron chi connectivity index (χ0n) is 13.6. The van der Waals surface area contributed by atoms with Gasteiger partial charge in [0.1, 0.15) is 0 Å². The molecule has 0 spiro atoms. The summed E-state index contributed by atoms with van der Waals surface area (Å²) in [5.74, 6) is 1.54. The van der Waals surface area contributed by atoms with E-state index in [4.69, 9.17) is 14.2 Å². The Morgan fingerprint density at radius 1 is 1.18 bits per heavy atom. The molecule has 1 aromatic rings. The van der Waals surface area contributed by atoms with E-state index in [0.717, 1.165) is 43.0 Å². The standard InChI is InChI=1S/C17H27NO4/c1-3-7-18(8-4-2)10-15(19)12-20-11-14-5-6-16-17(9-14)22-13-21-16/h5-6,9,15,19H,3-4,7-8,10-13H2,1-2H3/t15-/m1/s1. The minimum Gasteiger partial charge on any atom is -0.454 e. The normalized spacial score (nSPS) is 14.5. The van der Waals surface area contributed by atoms with Crippen LogP contribution in [0.5, 0.6) is 11.5 Å². The van der Waals surface area contributed by atoms with Crippen molar-refractivity contribution in [2.75, 3.05) is 33.0 Å². The molecule has 1 N–H and O–H groups in total. The van der Waals surface area contributed by atoms with E-state index in [1.54, 1.807) is 0 Å². The van der Waals surface area contributed by atoms with Gasteiger partial charge < -0.3 is 24.2 Å². The Kier molecular flexibility index (Phi) is 6.96. The van der Waals surface area contributed by atoms with Gasteiger partial charge in [0.25, 0.3) is 0 Å². The lowest BCUT2D eigenvalue weighted by Gasteiger charge is -2.24. The first-order valence-electron chi connectivity index (χ1n) is 8.09. The van der Waals surface area contributed by atoms with Gasteiger partial charge in [-0.2, -0.15) is 0 Å². The van der Waals surface area contributed by atoms with Crippen LogP contribution in [0.2, 0.25) is 0 Å². The van der Waals surface area contributed by atoms with Gasteiger partial charge in [0.15, 0.2) is 11.5 Å². The number of fused-ring (bicyclic) bond motifs is 1. The summed E-state index contributed by atoms with van der Waals surface area (Å²) in [6.45, 7) is 8.12. The van der Waals surface area contributed by atoms with Crippen molar-refractivity contribution < 1.29 is 19.3 Å². The number of nitrogens with zero attached hydrogens (tertiary/aromatic N) is 1. The van der Waals surface area contributed by atoms with Gasteiger partial charge in [-0.1, -0.05) is 19.9 Å². The molecule has 22 heavy (non-hydrogen) atoms. The van der Waals surface area contributed by atoms with Gasteiger partial charge in [0, 0.05) is 6.54 Å². The largest absolute Gasteiger partial charge is 0.454 e. The van der Waals surface area contributed by atoms with Crippen LogP contribution in [-0.4, -0.2) is 49.1 Å². The van der Waals surface area contributed by atoms with E-state index in [2.05, 4.69) is 18.7 Å². The molecular weight excluding hydrogens is 282 g/mol. The van der Waals surface area contributed by atoms with Crippen LogP contribution in [-0.2, 0) is 11.3 Å². The van der Waals surface area contributed by atoms with E-state index in [1.165, 1.54) is 0 Å². The minimum atomic E-state index is -0.452. The molecule has 0 radical (unpaired) electrons. The fourth-order valence-corrected chi connectivity index (χ4v) is 2.62. The number of hydrogen-bond donors (Lipinski definition) is 1. The molecular formula is C17H27NO4. The van der Waals surface area contributed by atoms with Crippen molar-refractivity contribution >= 4 is 0 Å². The summed E-state index contributed by atoms with van der Waals surface area (Å²) >= 11 is 0. The molecule has 0 aromatic heterocycles. The van der Waals surface area contributed by atoms with Gasteiger partial charge in [0.2, 0.25) is 6.79 Å². The SMILES string of the molecule is CCCN(CCC)C[C@@H](O)COCc1ccc2c(c1)OCO2. The van der Waals surface area contributed by atoms with E-state index in [0.29, 0.717) is 19.8 Å². The van der Waals surface area contributed by atoms with Gasteiger partial charge in [-0.05, 0) is 43.6 Å². The fourth-order valence-electron chi connectivity index (χ4n) is 2.62. The van der Waals surface area contributed by atoms with Crippen LogP contribution in [0.25, 0.3) is 0 Å². The average molecular weight is 309 g/mol. The van der Waals surface area contributed by atoms with Gasteiger partial charge in [-0.3, -0.25) is 0 Å². The minimum absolute atomic E-state index is 0.281. The van der Waals surface area contributed by atoms with E-state index in [-0.39, 0.29) is 6.79 Å². The maximum atomic E-state index is 10.1. The van der Waals surface area contributed by atoms with Crippen molar-refractivity contribution in [3.63, 3.8) is 0 Å². The smallest absolute Gasteiger partial charge is 0.231 e. The van der Waals surface area contributed by atoms with E-state index < -0.39 is 6.10 Å². The maximum absolute atomic E-state index is 10.1. The highest BCUT2D eigenvalue weighted by Gasteiger charge is 2.14. The quantitative estimate of drug-likeness (QED) is 0.719. The van der Waals surface area contributed by atoms with Crippen LogP contribution < -0.4 is 9.47 Å². The van der Waals surface area contributed by atoms with Crippen LogP contribution in [0.15, 0.2) is 18.2 Å². The number of ether oxygens (including phenoxy) is 3. The Morgan fingerprint density at radius 2 is 1.91 bits per heavy atom. The summed E-state index contributed by atoms with van der Waals surface area (Å²) < 4.78 is 16.2. The lowest BCUT2D eigenvalue weighted by Crippen LogP contribution is -2.36. The van der Waals surface area contributed by atoms with Crippen molar-refractivity contribution in [2.24, 2.45) is 0 Å². The third kappa shape index (κ3) is 5.16. The highest BCUT2D eigenvalue weighted by Crippen LogP contribution is 2.32. The second-order valence-electron chi connectivity index (χ2n) is 5.66. The molecule has 0 saturated carbocycles. The van der Waals surface area contributed by atoms with Crippen molar-refractivity contribution in [1.29, 1.82) is 0 Å². The van der Waals surface area contributed by atoms with Crippen LogP contribution >= 0.6 is 0 Å². The van der Waals surface area contributed by atoms with Crippen molar-refractivity contribution in [2.45, 2.75) is 39.4 Å². The van der Waals surface area contributed by atoms with Gasteiger partial charge in [-0.25, -0.2) is 0 Å². The molecule has 1 aliphatic rings. The van der Waals surface area contributed by atoms with Crippen LogP contribution in [0.3, 0.4) is 0 Å². The Hall–Kier alpha value is -1.30. The first kappa shape index (κ1) is 17.1. The molecule has 0 unspecified atom stereocenters. The van der Waals surface area contributed by atoms with Crippen molar-refractivity contribution in [1.82, 2.24) is 4.90 Å². The summed E-state index contributed by atoms with van der Waals surface area (Å²) in [4.78, 5) is 2.29. The number of aliphatic hydroxyl groups is 1. The predicted octanol–water partition coefficient (Wildman–Crippen LogP) is 2.41. The number of rotatable bonds is 10. The molecule has 0 fully saturated rings. The van der Waals surface area contributed by atoms with Gasteiger partial charge in [0.05, 0.1) is 19.3 Å². The molecule has 0 aliphatic carbocycles. The maximum Gasteiger partial charge on any atom is 0.231 e. The summed E-state index contributed by atoms with van der Waals surface area (Å²) in [5, 5.41) is 10.1. The number of benzene rings is 1. The predicted molar refractivity (Wildman–Crippen MR) is 85.2 cm³/mol. The molecule has 1 aromatic carbocycles. The molecule has 0 amide bonds. The summed E-state index contributed by atoms with van der Waals surface area (Å²) in [6, 6.07) is 5.78. The molecule has 1 heterocycles. The van der Waals surface area contributed by atoms with Crippen molar-refractivity contribution in [3.8, 4) is 11.5 Å². The summed E-state index contributed by atoms with van der Waals surface area (Å²) in [6.07, 6.45) is 1.75. The zero-order valence-corrected chi connectivity index (χ0v) is 13.6. The first-order valence-corrected chi connectivity index (χ1v) is 8.09. The molecule has 0 bridgehead atoms. The Bertz CT molecular complexity index is 446. The second-order valence-corrected chi connectivity index (χ2v) is 5.66. The monoisotopic (exact) mass is 309 g/mol. The van der Waals surface area contributed by atoms with Crippen LogP contribution in [0.1, 0.15) is 32.3 Å². The molecule has 2 rings (SSSR count). The van der Waals surface area contributed by atoms with Gasteiger partial charge >= 0.3 is 0 Å². The van der Waals surface area contributed by atoms with Crippen LogP contribution in [0.4, 0.5) is 0 Å². The third-order valence-electron chi connectivity index (χ3n) is 3.56. The lowest BCUT2D eigenvalue weighted by atomic mass is 10.2. The molecule has 5 heteroatoms. The highest BCUT2D eigenvalue weighted by atomic mass is 16.7. The highest BCUT2D eigenvalue weighted by molar-refractivity contribution is 5.44. The van der Waals surface area contributed by atoms with E-state index in [9.17, 15) is 5.11 Å². The van der Waals surface area contributed by atoms with E-state index >= 15 is 0 Å². The second kappa shape index (κ2) is 8.98. The Balaban J connectivity index is 1.71. The number of hydrogen-bond acceptors (Lipinski definition) is 5. The van der Waals surface area contributed by atoms with Crippen LogP contribution in [0, 0.1) is 0 Å². The molecule has 1 atom stereocenters. The fraction of sp³-hybridized carbons (Fsp3) is 0.647. The topological polar surface area (TPSA) is 51.2 Å². The molecule has 5 nitrogen and oxygen atoms in total.